The number of hydrogen-bond acceptors (Lipinski definition) is 4. The van der Waals surface area contributed by atoms with E-state index in [2.05, 4.69) is 24.0 Å². The average molecular weight is 264 g/mol. The Morgan fingerprint density at radius 2 is 2.21 bits per heavy atom. The van der Waals surface area contributed by atoms with Crippen LogP contribution in [0.5, 0.6) is 5.75 Å². The van der Waals surface area contributed by atoms with Gasteiger partial charge in [-0.15, -0.1) is 0 Å². The van der Waals surface area contributed by atoms with Crippen molar-refractivity contribution in [2.45, 2.75) is 25.4 Å². The van der Waals surface area contributed by atoms with Crippen molar-refractivity contribution >= 4 is 0 Å². The number of ether oxygens (including phenoxy) is 2. The van der Waals surface area contributed by atoms with Crippen LogP contribution in [0.15, 0.2) is 24.3 Å². The van der Waals surface area contributed by atoms with Gasteiger partial charge in [-0.3, -0.25) is 4.90 Å². The van der Waals surface area contributed by atoms with Crippen molar-refractivity contribution in [2.75, 3.05) is 33.4 Å². The van der Waals surface area contributed by atoms with E-state index in [-0.39, 0.29) is 5.54 Å². The quantitative estimate of drug-likeness (QED) is 0.878. The van der Waals surface area contributed by atoms with Crippen LogP contribution in [0.1, 0.15) is 18.9 Å². The lowest BCUT2D eigenvalue weighted by atomic mass is 9.95. The molecule has 1 atom stereocenters. The molecule has 0 amide bonds. The fourth-order valence-electron chi connectivity index (χ4n) is 2.50. The number of nitrogens with zero attached hydrogens (tertiary/aromatic N) is 1. The maximum atomic E-state index is 6.01. The van der Waals surface area contributed by atoms with E-state index in [1.54, 1.807) is 7.11 Å². The molecule has 0 spiro atoms. The second-order valence-electron chi connectivity index (χ2n) is 5.32. The van der Waals surface area contributed by atoms with Crippen molar-refractivity contribution in [3.8, 4) is 5.75 Å². The van der Waals surface area contributed by atoms with E-state index in [1.807, 2.05) is 12.1 Å². The van der Waals surface area contributed by atoms with Crippen LogP contribution in [0.3, 0.4) is 0 Å². The van der Waals surface area contributed by atoms with Gasteiger partial charge in [0.2, 0.25) is 0 Å². The Bertz CT molecular complexity index is 411. The Morgan fingerprint density at radius 1 is 1.42 bits per heavy atom. The van der Waals surface area contributed by atoms with Gasteiger partial charge < -0.3 is 15.2 Å². The third-order valence-electron chi connectivity index (χ3n) is 4.00. The monoisotopic (exact) mass is 264 g/mol. The summed E-state index contributed by atoms with van der Waals surface area (Å²) in [6, 6.07) is 8.23. The number of rotatable bonds is 5. The second-order valence-corrected chi connectivity index (χ2v) is 5.32. The first-order chi connectivity index (χ1) is 9.19. The molecule has 0 bridgehead atoms. The number of hydrogen-bond donors (Lipinski definition) is 1. The van der Waals surface area contributed by atoms with E-state index in [0.717, 1.165) is 31.9 Å². The lowest BCUT2D eigenvalue weighted by Gasteiger charge is -2.39. The number of fused-ring (bicyclic) bond motifs is 1. The molecule has 1 aliphatic rings. The minimum Gasteiger partial charge on any atom is -0.492 e. The molecule has 1 aliphatic heterocycles. The molecule has 0 saturated carbocycles. The van der Waals surface area contributed by atoms with Gasteiger partial charge in [-0.25, -0.2) is 0 Å². The summed E-state index contributed by atoms with van der Waals surface area (Å²) in [5.41, 5.74) is 7.20. The Labute approximate surface area is 115 Å². The van der Waals surface area contributed by atoms with Crippen LogP contribution >= 0.6 is 0 Å². The molecular weight excluding hydrogens is 240 g/mol. The molecule has 0 fully saturated rings. The predicted octanol–water partition coefficient (Wildman–Crippen LogP) is 1.63. The van der Waals surface area contributed by atoms with Gasteiger partial charge in [0.05, 0.1) is 0 Å². The number of benzene rings is 1. The van der Waals surface area contributed by atoms with Crippen molar-refractivity contribution in [1.82, 2.24) is 4.90 Å². The lowest BCUT2D eigenvalue weighted by Crippen LogP contribution is -2.52. The average Bonchev–Trinajstić information content (AvgIpc) is 2.67. The highest BCUT2D eigenvalue weighted by atomic mass is 16.5. The molecule has 2 N–H and O–H groups in total. The maximum Gasteiger partial charge on any atom is 0.123 e. The summed E-state index contributed by atoms with van der Waals surface area (Å²) >= 11 is 0. The number of methoxy groups -OCH3 is 1. The molecule has 0 aliphatic carbocycles. The summed E-state index contributed by atoms with van der Waals surface area (Å²) in [4.78, 5) is 2.41. The van der Waals surface area contributed by atoms with Crippen molar-refractivity contribution in [1.29, 1.82) is 0 Å². The smallest absolute Gasteiger partial charge is 0.123 e. The van der Waals surface area contributed by atoms with Gasteiger partial charge in [0.1, 0.15) is 12.4 Å². The first kappa shape index (κ1) is 14.3. The fraction of sp³-hybridized carbons (Fsp3) is 0.600. The lowest BCUT2D eigenvalue weighted by molar-refractivity contribution is 0.0578. The van der Waals surface area contributed by atoms with Gasteiger partial charge in [-0.05, 0) is 19.4 Å². The summed E-state index contributed by atoms with van der Waals surface area (Å²) in [6.07, 6.45) is 0.933. The minimum absolute atomic E-state index is 0.0448. The molecule has 1 aromatic rings. The van der Waals surface area contributed by atoms with Gasteiger partial charge in [0.25, 0.3) is 0 Å². The highest BCUT2D eigenvalue weighted by molar-refractivity contribution is 5.34. The van der Waals surface area contributed by atoms with E-state index < -0.39 is 0 Å². The summed E-state index contributed by atoms with van der Waals surface area (Å²) < 4.78 is 11.0. The van der Waals surface area contributed by atoms with Crippen molar-refractivity contribution < 1.29 is 9.47 Å². The van der Waals surface area contributed by atoms with E-state index >= 15 is 0 Å². The number of para-hydroxylation sites is 1. The number of nitrogens with two attached hydrogens (primary N) is 1. The summed E-state index contributed by atoms with van der Waals surface area (Å²) in [5.74, 6) is 0.996. The fourth-order valence-corrected chi connectivity index (χ4v) is 2.50. The highest BCUT2D eigenvalue weighted by Crippen LogP contribution is 2.28. The van der Waals surface area contributed by atoms with E-state index in [1.165, 1.54) is 5.56 Å². The second kappa shape index (κ2) is 6.37. The molecule has 106 valence electrons. The molecule has 0 aromatic heterocycles. The summed E-state index contributed by atoms with van der Waals surface area (Å²) in [5, 5.41) is 0. The van der Waals surface area contributed by atoms with Crippen molar-refractivity contribution in [2.24, 2.45) is 5.73 Å². The van der Waals surface area contributed by atoms with Crippen LogP contribution in [0.2, 0.25) is 0 Å². The van der Waals surface area contributed by atoms with Crippen molar-refractivity contribution in [3.05, 3.63) is 29.8 Å². The summed E-state index contributed by atoms with van der Waals surface area (Å²) in [7, 11) is 1.73. The van der Waals surface area contributed by atoms with Gasteiger partial charge in [-0.1, -0.05) is 18.2 Å². The van der Waals surface area contributed by atoms with Gasteiger partial charge in [-0.2, -0.15) is 0 Å². The molecule has 1 unspecified atom stereocenters. The Kier molecular flexibility index (Phi) is 4.80. The van der Waals surface area contributed by atoms with E-state index in [4.69, 9.17) is 15.2 Å². The van der Waals surface area contributed by atoms with Gasteiger partial charge in [0.15, 0.2) is 0 Å². The van der Waals surface area contributed by atoms with Crippen LogP contribution in [0.25, 0.3) is 0 Å². The maximum absolute atomic E-state index is 6.01. The van der Waals surface area contributed by atoms with Gasteiger partial charge in [0, 0.05) is 44.5 Å². The topological polar surface area (TPSA) is 47.7 Å². The molecule has 1 heterocycles. The Morgan fingerprint density at radius 3 is 2.95 bits per heavy atom. The Balaban J connectivity index is 2.16. The standard InChI is InChI=1S/C15H24N2O2/c1-15(12-16,7-9-18-2)17-8-10-19-14-6-4-3-5-13(14)11-17/h3-6H,7-12,16H2,1-2H3. The zero-order chi connectivity index (χ0) is 13.7. The van der Waals surface area contributed by atoms with E-state index in [9.17, 15) is 0 Å². The van der Waals surface area contributed by atoms with E-state index in [0.29, 0.717) is 13.2 Å². The largest absolute Gasteiger partial charge is 0.492 e. The molecule has 0 radical (unpaired) electrons. The van der Waals surface area contributed by atoms with Crippen LogP contribution in [0.4, 0.5) is 0 Å². The Hall–Kier alpha value is -1.10. The zero-order valence-corrected chi connectivity index (χ0v) is 11.9. The first-order valence-electron chi connectivity index (χ1n) is 6.84. The minimum atomic E-state index is -0.0448. The van der Waals surface area contributed by atoms with Gasteiger partial charge >= 0.3 is 0 Å². The molecule has 19 heavy (non-hydrogen) atoms. The third kappa shape index (κ3) is 3.26. The normalized spacial score (nSPS) is 19.1. The van der Waals surface area contributed by atoms with Crippen LogP contribution in [0, 0.1) is 0 Å². The SMILES string of the molecule is COCCC(C)(CN)N1CCOc2ccccc2C1. The third-order valence-corrected chi connectivity index (χ3v) is 4.00. The van der Waals surface area contributed by atoms with Crippen molar-refractivity contribution in [3.63, 3.8) is 0 Å². The molecule has 0 saturated heterocycles. The first-order valence-corrected chi connectivity index (χ1v) is 6.84. The summed E-state index contributed by atoms with van der Waals surface area (Å²) in [6.45, 7) is 6.05. The highest BCUT2D eigenvalue weighted by Gasteiger charge is 2.31. The molecule has 4 nitrogen and oxygen atoms in total. The molecule has 4 heteroatoms. The molecule has 2 rings (SSSR count). The zero-order valence-electron chi connectivity index (χ0n) is 11.9. The van der Waals surface area contributed by atoms with Crippen LogP contribution in [-0.4, -0.2) is 43.9 Å². The van der Waals surface area contributed by atoms with Crippen LogP contribution in [-0.2, 0) is 11.3 Å². The molecular formula is C15H24N2O2. The molecule has 1 aromatic carbocycles. The predicted molar refractivity (Wildman–Crippen MR) is 76.3 cm³/mol. The van der Waals surface area contributed by atoms with Crippen LogP contribution < -0.4 is 10.5 Å².